The van der Waals surface area contributed by atoms with Crippen molar-refractivity contribution in [2.45, 2.75) is 12.8 Å². The molecule has 8 heteroatoms. The zero-order valence-electron chi connectivity index (χ0n) is 14.6. The minimum absolute atomic E-state index is 0.0354. The fraction of sp³-hybridized carbons (Fsp3) is 0.471. The number of halogens is 1. The topological polar surface area (TPSA) is 81.8 Å². The van der Waals surface area contributed by atoms with Gasteiger partial charge in [-0.05, 0) is 31.0 Å². The standard InChI is InChI=1S/C17H23ClN4O3/c1-19-16(24)13-10-12(4-5-14(13)18)20-15(23)11-6-8-22(9-7-11)17(25)21(2)3/h4-5,10-11H,6-9H2,1-3H3,(H,19,24)(H,20,23). The Bertz CT molecular complexity index is 670. The molecule has 0 aliphatic carbocycles. The average molecular weight is 367 g/mol. The lowest BCUT2D eigenvalue weighted by Gasteiger charge is -2.33. The number of carbonyl (C=O) groups excluding carboxylic acids is 3. The van der Waals surface area contributed by atoms with E-state index in [2.05, 4.69) is 10.6 Å². The van der Waals surface area contributed by atoms with Crippen LogP contribution in [-0.4, -0.2) is 61.9 Å². The molecule has 1 aromatic rings. The molecule has 0 aromatic heterocycles. The number of likely N-dealkylation sites (tertiary alicyclic amines) is 1. The Hall–Kier alpha value is -2.28. The second-order valence-electron chi connectivity index (χ2n) is 6.20. The molecule has 0 saturated carbocycles. The Labute approximate surface area is 152 Å². The molecule has 2 N–H and O–H groups in total. The van der Waals surface area contributed by atoms with E-state index in [0.29, 0.717) is 42.2 Å². The molecule has 25 heavy (non-hydrogen) atoms. The number of nitrogens with zero attached hydrogens (tertiary/aromatic N) is 2. The van der Waals surface area contributed by atoms with Crippen LogP contribution in [0.3, 0.4) is 0 Å². The molecule has 1 aromatic carbocycles. The fourth-order valence-electron chi connectivity index (χ4n) is 2.77. The molecule has 1 saturated heterocycles. The summed E-state index contributed by atoms with van der Waals surface area (Å²) in [5.41, 5.74) is 0.841. The van der Waals surface area contributed by atoms with Gasteiger partial charge in [-0.2, -0.15) is 0 Å². The molecule has 0 spiro atoms. The third-order valence-electron chi connectivity index (χ3n) is 4.22. The molecular weight excluding hydrogens is 344 g/mol. The van der Waals surface area contributed by atoms with Crippen LogP contribution in [0.15, 0.2) is 18.2 Å². The van der Waals surface area contributed by atoms with Gasteiger partial charge in [-0.15, -0.1) is 0 Å². The number of anilines is 1. The molecule has 1 heterocycles. The van der Waals surface area contributed by atoms with Crippen LogP contribution in [0.1, 0.15) is 23.2 Å². The van der Waals surface area contributed by atoms with Gasteiger partial charge in [-0.1, -0.05) is 11.6 Å². The van der Waals surface area contributed by atoms with Crippen molar-refractivity contribution in [2.24, 2.45) is 5.92 Å². The summed E-state index contributed by atoms with van der Waals surface area (Å²) in [6.45, 7) is 1.11. The Morgan fingerprint density at radius 3 is 2.40 bits per heavy atom. The van der Waals surface area contributed by atoms with E-state index in [1.807, 2.05) is 0 Å². The molecule has 1 fully saturated rings. The first-order valence-electron chi connectivity index (χ1n) is 8.12. The molecule has 1 aliphatic rings. The van der Waals surface area contributed by atoms with Crippen LogP contribution in [0.4, 0.5) is 10.5 Å². The van der Waals surface area contributed by atoms with Gasteiger partial charge < -0.3 is 20.4 Å². The Morgan fingerprint density at radius 1 is 1.20 bits per heavy atom. The second-order valence-corrected chi connectivity index (χ2v) is 6.61. The average Bonchev–Trinajstić information content (AvgIpc) is 2.62. The predicted molar refractivity (Wildman–Crippen MR) is 96.9 cm³/mol. The third kappa shape index (κ3) is 4.63. The van der Waals surface area contributed by atoms with Crippen LogP contribution in [-0.2, 0) is 4.79 Å². The number of nitrogens with one attached hydrogen (secondary N) is 2. The van der Waals surface area contributed by atoms with E-state index in [-0.39, 0.29) is 23.8 Å². The summed E-state index contributed by atoms with van der Waals surface area (Å²) in [4.78, 5) is 39.4. The summed E-state index contributed by atoms with van der Waals surface area (Å²) in [6.07, 6.45) is 1.22. The maximum Gasteiger partial charge on any atom is 0.319 e. The van der Waals surface area contributed by atoms with Crippen molar-refractivity contribution in [1.82, 2.24) is 15.1 Å². The maximum atomic E-state index is 12.5. The molecule has 2 rings (SSSR count). The normalized spacial score (nSPS) is 14.8. The number of rotatable bonds is 3. The van der Waals surface area contributed by atoms with E-state index in [4.69, 9.17) is 11.6 Å². The van der Waals surface area contributed by atoms with Gasteiger partial charge in [0.25, 0.3) is 5.91 Å². The van der Waals surface area contributed by atoms with E-state index in [1.54, 1.807) is 37.2 Å². The lowest BCUT2D eigenvalue weighted by atomic mass is 9.96. The predicted octanol–water partition coefficient (Wildman–Crippen LogP) is 2.03. The summed E-state index contributed by atoms with van der Waals surface area (Å²) in [7, 11) is 4.95. The van der Waals surface area contributed by atoms with Crippen molar-refractivity contribution in [3.8, 4) is 0 Å². The molecule has 136 valence electrons. The SMILES string of the molecule is CNC(=O)c1cc(NC(=O)C2CCN(C(=O)N(C)C)CC2)ccc1Cl. The highest BCUT2D eigenvalue weighted by molar-refractivity contribution is 6.34. The highest BCUT2D eigenvalue weighted by atomic mass is 35.5. The van der Waals surface area contributed by atoms with E-state index in [9.17, 15) is 14.4 Å². The molecule has 0 radical (unpaired) electrons. The van der Waals surface area contributed by atoms with Crippen LogP contribution in [0.5, 0.6) is 0 Å². The minimum Gasteiger partial charge on any atom is -0.355 e. The molecule has 7 nitrogen and oxygen atoms in total. The maximum absolute atomic E-state index is 12.5. The Morgan fingerprint density at radius 2 is 1.84 bits per heavy atom. The zero-order valence-corrected chi connectivity index (χ0v) is 15.4. The number of piperidine rings is 1. The highest BCUT2D eigenvalue weighted by Gasteiger charge is 2.28. The van der Waals surface area contributed by atoms with Gasteiger partial charge in [0.15, 0.2) is 0 Å². The quantitative estimate of drug-likeness (QED) is 0.858. The van der Waals surface area contributed by atoms with E-state index < -0.39 is 0 Å². The van der Waals surface area contributed by atoms with Gasteiger partial charge in [0.2, 0.25) is 5.91 Å². The summed E-state index contributed by atoms with van der Waals surface area (Å²) >= 11 is 6.01. The van der Waals surface area contributed by atoms with Crippen LogP contribution < -0.4 is 10.6 Å². The van der Waals surface area contributed by atoms with Gasteiger partial charge >= 0.3 is 6.03 Å². The lowest BCUT2D eigenvalue weighted by Crippen LogP contribution is -2.45. The van der Waals surface area contributed by atoms with E-state index in [0.717, 1.165) is 0 Å². The van der Waals surface area contributed by atoms with Crippen molar-refractivity contribution in [1.29, 1.82) is 0 Å². The number of amides is 4. The highest BCUT2D eigenvalue weighted by Crippen LogP contribution is 2.23. The molecule has 0 unspecified atom stereocenters. The minimum atomic E-state index is -0.309. The first kappa shape index (κ1) is 19.1. The fourth-order valence-corrected chi connectivity index (χ4v) is 2.98. The number of urea groups is 1. The van der Waals surface area contributed by atoms with Gasteiger partial charge in [0, 0.05) is 45.8 Å². The Kier molecular flexibility index (Phi) is 6.25. The van der Waals surface area contributed by atoms with Gasteiger partial charge in [0.1, 0.15) is 0 Å². The zero-order chi connectivity index (χ0) is 18.6. The van der Waals surface area contributed by atoms with Gasteiger partial charge in [-0.3, -0.25) is 9.59 Å². The van der Waals surface area contributed by atoms with Crippen molar-refractivity contribution in [2.75, 3.05) is 39.5 Å². The lowest BCUT2D eigenvalue weighted by molar-refractivity contribution is -0.121. The van der Waals surface area contributed by atoms with Crippen molar-refractivity contribution in [3.05, 3.63) is 28.8 Å². The van der Waals surface area contributed by atoms with Gasteiger partial charge in [0.05, 0.1) is 10.6 Å². The van der Waals surface area contributed by atoms with Crippen LogP contribution >= 0.6 is 11.6 Å². The summed E-state index contributed by atoms with van der Waals surface area (Å²) in [5, 5.41) is 5.67. The van der Waals surface area contributed by atoms with Gasteiger partial charge in [-0.25, -0.2) is 4.79 Å². The third-order valence-corrected chi connectivity index (χ3v) is 4.55. The number of carbonyl (C=O) groups is 3. The monoisotopic (exact) mass is 366 g/mol. The molecule has 4 amide bonds. The smallest absolute Gasteiger partial charge is 0.319 e. The Balaban J connectivity index is 1.97. The summed E-state index contributed by atoms with van der Waals surface area (Å²) in [6, 6.07) is 4.77. The van der Waals surface area contributed by atoms with Crippen LogP contribution in [0.25, 0.3) is 0 Å². The number of benzene rings is 1. The number of hydrogen-bond acceptors (Lipinski definition) is 3. The van der Waals surface area contributed by atoms with Crippen molar-refractivity contribution in [3.63, 3.8) is 0 Å². The first-order valence-corrected chi connectivity index (χ1v) is 8.50. The molecule has 1 aliphatic heterocycles. The largest absolute Gasteiger partial charge is 0.355 e. The second kappa shape index (κ2) is 8.20. The molecule has 0 atom stereocenters. The van der Waals surface area contributed by atoms with E-state index in [1.165, 1.54) is 11.9 Å². The summed E-state index contributed by atoms with van der Waals surface area (Å²) < 4.78 is 0. The summed E-state index contributed by atoms with van der Waals surface area (Å²) in [5.74, 6) is -0.580. The molecular formula is C17H23ClN4O3. The van der Waals surface area contributed by atoms with Crippen molar-refractivity contribution < 1.29 is 14.4 Å². The first-order chi connectivity index (χ1) is 11.8. The van der Waals surface area contributed by atoms with Crippen LogP contribution in [0, 0.1) is 5.92 Å². The van der Waals surface area contributed by atoms with E-state index >= 15 is 0 Å². The number of hydrogen-bond donors (Lipinski definition) is 2. The van der Waals surface area contributed by atoms with Crippen molar-refractivity contribution >= 4 is 35.1 Å². The molecule has 0 bridgehead atoms. The van der Waals surface area contributed by atoms with Crippen LogP contribution in [0.2, 0.25) is 5.02 Å².